The van der Waals surface area contributed by atoms with Crippen LogP contribution in [0.4, 0.5) is 13.2 Å². The van der Waals surface area contributed by atoms with Gasteiger partial charge in [-0.2, -0.15) is 18.3 Å². The Bertz CT molecular complexity index is 764. The molecule has 0 amide bonds. The van der Waals surface area contributed by atoms with E-state index in [2.05, 4.69) is 14.9 Å². The highest BCUT2D eigenvalue weighted by atomic mass is 35.5. The van der Waals surface area contributed by atoms with E-state index in [1.54, 1.807) is 13.0 Å². The maximum Gasteiger partial charge on any atom is 0.490 e. The molecule has 0 saturated heterocycles. The van der Waals surface area contributed by atoms with E-state index in [4.69, 9.17) is 22.1 Å². The standard InChI is InChI=1S/C14H15ClF3N3O4/c1-6(19)8-2-10(15)9-3-20-21-11(9)12(8)24-4-7(22)5-25-13(23)14(16,17)18/h2-3,6-7,22H,4-5,19H2,1H3,(H,20,21). The predicted octanol–water partition coefficient (Wildman–Crippen LogP) is 2.08. The van der Waals surface area contributed by atoms with Crippen LogP contribution in [0.3, 0.4) is 0 Å². The van der Waals surface area contributed by atoms with Gasteiger partial charge in [-0.15, -0.1) is 0 Å². The van der Waals surface area contributed by atoms with E-state index in [0.717, 1.165) is 0 Å². The van der Waals surface area contributed by atoms with Crippen molar-refractivity contribution in [1.82, 2.24) is 10.2 Å². The summed E-state index contributed by atoms with van der Waals surface area (Å²) >= 11 is 6.13. The zero-order chi connectivity index (χ0) is 18.8. The Labute approximate surface area is 144 Å². The molecule has 0 fully saturated rings. The van der Waals surface area contributed by atoms with Crippen LogP contribution in [0.1, 0.15) is 18.5 Å². The number of carbonyl (C=O) groups excluding carboxylic acids is 1. The number of aromatic nitrogens is 2. The van der Waals surface area contributed by atoms with Crippen LogP contribution in [0.15, 0.2) is 12.3 Å². The molecule has 138 valence electrons. The molecule has 2 aromatic rings. The number of aromatic amines is 1. The molecule has 1 aromatic heterocycles. The number of carbonyl (C=O) groups is 1. The molecule has 0 bridgehead atoms. The van der Waals surface area contributed by atoms with Crippen LogP contribution in [-0.2, 0) is 9.53 Å². The third-order valence-corrected chi connectivity index (χ3v) is 3.53. The molecule has 0 radical (unpaired) electrons. The first-order valence-corrected chi connectivity index (χ1v) is 7.45. The minimum Gasteiger partial charge on any atom is -0.488 e. The van der Waals surface area contributed by atoms with E-state index in [-0.39, 0.29) is 5.75 Å². The number of hydrogen-bond donors (Lipinski definition) is 3. The van der Waals surface area contributed by atoms with Crippen molar-refractivity contribution in [2.75, 3.05) is 13.2 Å². The lowest BCUT2D eigenvalue weighted by atomic mass is 10.1. The van der Waals surface area contributed by atoms with Crippen LogP contribution in [0.2, 0.25) is 5.02 Å². The van der Waals surface area contributed by atoms with Crippen molar-refractivity contribution in [2.45, 2.75) is 25.2 Å². The van der Waals surface area contributed by atoms with Gasteiger partial charge in [0.05, 0.1) is 11.2 Å². The summed E-state index contributed by atoms with van der Waals surface area (Å²) < 4.78 is 45.6. The molecule has 0 aliphatic heterocycles. The molecule has 2 rings (SSSR count). The topological polar surface area (TPSA) is 110 Å². The van der Waals surface area contributed by atoms with Gasteiger partial charge in [0.15, 0.2) is 0 Å². The first kappa shape index (κ1) is 19.3. The number of aliphatic hydroxyl groups excluding tert-OH is 1. The first-order chi connectivity index (χ1) is 11.6. The fourth-order valence-electron chi connectivity index (χ4n) is 2.04. The number of nitrogens with zero attached hydrogens (tertiary/aromatic N) is 1. The molecule has 0 spiro atoms. The number of fused-ring (bicyclic) bond motifs is 1. The van der Waals surface area contributed by atoms with Gasteiger partial charge in [-0.3, -0.25) is 5.10 Å². The highest BCUT2D eigenvalue weighted by molar-refractivity contribution is 6.35. The van der Waals surface area contributed by atoms with Crippen LogP contribution in [-0.4, -0.2) is 46.8 Å². The Morgan fingerprint density at radius 3 is 2.76 bits per heavy atom. The SMILES string of the molecule is CC(N)c1cc(Cl)c2cn[nH]c2c1OCC(O)COC(=O)C(F)(F)F. The number of esters is 1. The van der Waals surface area contributed by atoms with Crippen LogP contribution >= 0.6 is 11.6 Å². The summed E-state index contributed by atoms with van der Waals surface area (Å²) in [7, 11) is 0. The summed E-state index contributed by atoms with van der Waals surface area (Å²) in [6, 6.07) is 1.11. The summed E-state index contributed by atoms with van der Waals surface area (Å²) in [4.78, 5) is 10.6. The van der Waals surface area contributed by atoms with Crippen molar-refractivity contribution in [2.24, 2.45) is 5.73 Å². The zero-order valence-electron chi connectivity index (χ0n) is 12.9. The largest absolute Gasteiger partial charge is 0.490 e. The number of alkyl halides is 3. The lowest BCUT2D eigenvalue weighted by molar-refractivity contribution is -0.202. The minimum atomic E-state index is -5.12. The molecule has 25 heavy (non-hydrogen) atoms. The molecule has 2 atom stereocenters. The molecule has 0 aliphatic carbocycles. The Kier molecular flexibility index (Phi) is 5.76. The molecular formula is C14H15ClF3N3O4. The molecular weight excluding hydrogens is 367 g/mol. The molecule has 0 saturated carbocycles. The van der Waals surface area contributed by atoms with Crippen molar-refractivity contribution in [3.8, 4) is 5.75 Å². The lowest BCUT2D eigenvalue weighted by Gasteiger charge is -2.18. The van der Waals surface area contributed by atoms with Crippen LogP contribution < -0.4 is 10.5 Å². The van der Waals surface area contributed by atoms with E-state index in [9.17, 15) is 23.1 Å². The van der Waals surface area contributed by atoms with Gasteiger partial charge >= 0.3 is 12.1 Å². The van der Waals surface area contributed by atoms with E-state index in [0.29, 0.717) is 21.5 Å². The van der Waals surface area contributed by atoms with Gasteiger partial charge in [0.25, 0.3) is 0 Å². The van der Waals surface area contributed by atoms with E-state index < -0.39 is 37.5 Å². The second-order valence-electron chi connectivity index (χ2n) is 5.29. The summed E-state index contributed by atoms with van der Waals surface area (Å²) in [5, 5.41) is 17.2. The van der Waals surface area contributed by atoms with Gasteiger partial charge in [0, 0.05) is 17.0 Å². The van der Waals surface area contributed by atoms with Gasteiger partial charge < -0.3 is 20.3 Å². The number of H-pyrrole nitrogens is 1. The van der Waals surface area contributed by atoms with Gasteiger partial charge in [-0.05, 0) is 13.0 Å². The quantitative estimate of drug-likeness (QED) is 0.661. The first-order valence-electron chi connectivity index (χ1n) is 7.07. The molecule has 0 aliphatic rings. The number of nitrogens with one attached hydrogen (secondary N) is 1. The zero-order valence-corrected chi connectivity index (χ0v) is 13.7. The van der Waals surface area contributed by atoms with Crippen LogP contribution in [0, 0.1) is 0 Å². The fraction of sp³-hybridized carbons (Fsp3) is 0.429. The number of rotatable bonds is 6. The number of hydrogen-bond acceptors (Lipinski definition) is 6. The third-order valence-electron chi connectivity index (χ3n) is 3.22. The van der Waals surface area contributed by atoms with Crippen molar-refractivity contribution in [3.63, 3.8) is 0 Å². The third kappa shape index (κ3) is 4.53. The van der Waals surface area contributed by atoms with Crippen LogP contribution in [0.25, 0.3) is 10.9 Å². The summed E-state index contributed by atoms with van der Waals surface area (Å²) in [5.41, 5.74) is 6.81. The van der Waals surface area contributed by atoms with Crippen molar-refractivity contribution in [3.05, 3.63) is 22.8 Å². The van der Waals surface area contributed by atoms with Crippen LogP contribution in [0.5, 0.6) is 5.75 Å². The number of nitrogens with two attached hydrogens (primary N) is 1. The van der Waals surface area contributed by atoms with Crippen molar-refractivity contribution >= 4 is 28.5 Å². The van der Waals surface area contributed by atoms with Crippen molar-refractivity contribution < 1.29 is 32.5 Å². The monoisotopic (exact) mass is 381 g/mol. The van der Waals surface area contributed by atoms with Gasteiger partial charge in [-0.1, -0.05) is 11.6 Å². The van der Waals surface area contributed by atoms with Gasteiger partial charge in [-0.25, -0.2) is 4.79 Å². The normalized spacial score (nSPS) is 14.4. The smallest absolute Gasteiger partial charge is 0.488 e. The van der Waals surface area contributed by atoms with E-state index in [1.807, 2.05) is 0 Å². The highest BCUT2D eigenvalue weighted by Gasteiger charge is 2.41. The Balaban J connectivity index is 2.10. The number of benzene rings is 1. The highest BCUT2D eigenvalue weighted by Crippen LogP contribution is 2.36. The summed E-state index contributed by atoms with van der Waals surface area (Å²) in [6.07, 6.45) is -5.13. The average molecular weight is 382 g/mol. The molecule has 4 N–H and O–H groups in total. The predicted molar refractivity (Wildman–Crippen MR) is 82.2 cm³/mol. The summed E-state index contributed by atoms with van der Waals surface area (Å²) in [6.45, 7) is 0.383. The summed E-state index contributed by atoms with van der Waals surface area (Å²) in [5.74, 6) is -2.13. The molecule has 2 unspecified atom stereocenters. The second kappa shape index (κ2) is 7.46. The molecule has 1 heterocycles. The van der Waals surface area contributed by atoms with E-state index in [1.165, 1.54) is 6.20 Å². The Morgan fingerprint density at radius 1 is 1.48 bits per heavy atom. The lowest BCUT2D eigenvalue weighted by Crippen LogP contribution is -2.31. The molecule has 1 aromatic carbocycles. The second-order valence-corrected chi connectivity index (χ2v) is 5.69. The maximum absolute atomic E-state index is 12.0. The fourth-order valence-corrected chi connectivity index (χ4v) is 2.30. The average Bonchev–Trinajstić information content (AvgIpc) is 3.00. The Hall–Kier alpha value is -2.04. The maximum atomic E-state index is 12.0. The number of aliphatic hydroxyl groups is 1. The number of ether oxygens (including phenoxy) is 2. The number of halogens is 4. The molecule has 7 nitrogen and oxygen atoms in total. The van der Waals surface area contributed by atoms with Gasteiger partial charge in [0.1, 0.15) is 30.6 Å². The van der Waals surface area contributed by atoms with Gasteiger partial charge in [0.2, 0.25) is 0 Å². The Morgan fingerprint density at radius 2 is 2.16 bits per heavy atom. The molecule has 11 heteroatoms. The van der Waals surface area contributed by atoms with Crippen molar-refractivity contribution in [1.29, 1.82) is 0 Å². The minimum absolute atomic E-state index is 0.257. The van der Waals surface area contributed by atoms with E-state index >= 15 is 0 Å².